The molecule has 0 bridgehead atoms. The Morgan fingerprint density at radius 3 is 2.80 bits per heavy atom. The van der Waals surface area contributed by atoms with Gasteiger partial charge in [-0.3, -0.25) is 4.79 Å². The number of nitriles is 1. The minimum atomic E-state index is -3.53. The van der Waals surface area contributed by atoms with Crippen molar-refractivity contribution in [3.63, 3.8) is 0 Å². The molecule has 20 heavy (non-hydrogen) atoms. The largest absolute Gasteiger partial charge is 0.355 e. The second kappa shape index (κ2) is 6.03. The van der Waals surface area contributed by atoms with Gasteiger partial charge in [0.15, 0.2) is 0 Å². The maximum absolute atomic E-state index is 12.4. The molecule has 0 atom stereocenters. The van der Waals surface area contributed by atoms with Crippen molar-refractivity contribution in [2.75, 3.05) is 19.6 Å². The molecule has 7 heteroatoms. The molecular weight excluding hydrogens is 278 g/mol. The predicted molar refractivity (Wildman–Crippen MR) is 73.0 cm³/mol. The smallest absolute Gasteiger partial charge is 0.221 e. The summed E-state index contributed by atoms with van der Waals surface area (Å²) in [4.78, 5) is 11.2. The van der Waals surface area contributed by atoms with E-state index in [1.165, 1.54) is 4.31 Å². The molecule has 0 aliphatic carbocycles. The number of nitrogens with one attached hydrogen (secondary N) is 1. The van der Waals surface area contributed by atoms with Crippen molar-refractivity contribution in [1.29, 1.82) is 5.26 Å². The molecule has 0 radical (unpaired) electrons. The molecule has 0 spiro atoms. The molecule has 0 unspecified atom stereocenters. The standard InChI is InChI=1S/C13H15N3O3S/c14-9-11-3-1-2-4-12(11)10-20(18,19)16-7-5-13(17)15-6-8-16/h1-4H,5-8,10H2,(H,15,17). The van der Waals surface area contributed by atoms with Gasteiger partial charge in [0.2, 0.25) is 15.9 Å². The monoisotopic (exact) mass is 293 g/mol. The van der Waals surface area contributed by atoms with Crippen molar-refractivity contribution in [2.24, 2.45) is 0 Å². The Labute approximate surface area is 118 Å². The molecule has 1 aliphatic rings. The van der Waals surface area contributed by atoms with E-state index in [4.69, 9.17) is 5.26 Å². The Bertz CT molecular complexity index is 649. The van der Waals surface area contributed by atoms with E-state index in [0.29, 0.717) is 17.7 Å². The Hall–Kier alpha value is -1.91. The Morgan fingerprint density at radius 2 is 2.05 bits per heavy atom. The van der Waals surface area contributed by atoms with Crippen LogP contribution in [0.15, 0.2) is 24.3 Å². The van der Waals surface area contributed by atoms with Crippen molar-refractivity contribution < 1.29 is 13.2 Å². The minimum absolute atomic E-state index is 0.139. The van der Waals surface area contributed by atoms with Crippen LogP contribution in [0.25, 0.3) is 0 Å². The van der Waals surface area contributed by atoms with E-state index in [-0.39, 0.29) is 31.2 Å². The fourth-order valence-corrected chi connectivity index (χ4v) is 3.63. The molecule has 2 rings (SSSR count). The molecule has 1 aliphatic heterocycles. The zero-order valence-electron chi connectivity index (χ0n) is 10.9. The minimum Gasteiger partial charge on any atom is -0.355 e. The lowest BCUT2D eigenvalue weighted by atomic mass is 10.1. The average Bonchev–Trinajstić information content (AvgIpc) is 2.64. The first-order valence-corrected chi connectivity index (χ1v) is 7.86. The number of nitrogens with zero attached hydrogens (tertiary/aromatic N) is 2. The van der Waals surface area contributed by atoms with Gasteiger partial charge in [-0.05, 0) is 11.6 Å². The summed E-state index contributed by atoms with van der Waals surface area (Å²) in [5.41, 5.74) is 0.846. The van der Waals surface area contributed by atoms with E-state index in [2.05, 4.69) is 5.32 Å². The van der Waals surface area contributed by atoms with E-state index in [1.54, 1.807) is 24.3 Å². The van der Waals surface area contributed by atoms with Crippen LogP contribution in [0.5, 0.6) is 0 Å². The Kier molecular flexibility index (Phi) is 4.37. The number of carbonyl (C=O) groups is 1. The van der Waals surface area contributed by atoms with Gasteiger partial charge in [-0.25, -0.2) is 8.42 Å². The molecule has 1 heterocycles. The quantitative estimate of drug-likeness (QED) is 0.862. The molecule has 0 aromatic heterocycles. The third-order valence-electron chi connectivity index (χ3n) is 3.14. The fraction of sp³-hybridized carbons (Fsp3) is 0.385. The Morgan fingerprint density at radius 1 is 1.30 bits per heavy atom. The van der Waals surface area contributed by atoms with Gasteiger partial charge >= 0.3 is 0 Å². The van der Waals surface area contributed by atoms with Crippen molar-refractivity contribution in [3.8, 4) is 6.07 Å². The zero-order chi connectivity index (χ0) is 14.6. The maximum Gasteiger partial charge on any atom is 0.221 e. The topological polar surface area (TPSA) is 90.3 Å². The first-order valence-electron chi connectivity index (χ1n) is 6.25. The number of hydrogen-bond acceptors (Lipinski definition) is 4. The second-order valence-electron chi connectivity index (χ2n) is 4.52. The zero-order valence-corrected chi connectivity index (χ0v) is 11.7. The lowest BCUT2D eigenvalue weighted by molar-refractivity contribution is -0.120. The van der Waals surface area contributed by atoms with Crippen LogP contribution in [0.4, 0.5) is 0 Å². The number of hydrogen-bond donors (Lipinski definition) is 1. The van der Waals surface area contributed by atoms with Gasteiger partial charge in [-0.1, -0.05) is 18.2 Å². The third kappa shape index (κ3) is 3.35. The van der Waals surface area contributed by atoms with Gasteiger partial charge in [0, 0.05) is 26.1 Å². The van der Waals surface area contributed by atoms with E-state index < -0.39 is 10.0 Å². The lowest BCUT2D eigenvalue weighted by Gasteiger charge is -2.19. The summed E-state index contributed by atoms with van der Waals surface area (Å²) in [6, 6.07) is 8.63. The van der Waals surface area contributed by atoms with E-state index in [1.807, 2.05) is 6.07 Å². The molecule has 1 aromatic rings. The highest BCUT2D eigenvalue weighted by Gasteiger charge is 2.25. The SMILES string of the molecule is N#Cc1ccccc1CS(=O)(=O)N1CCNC(=O)CC1. The highest BCUT2D eigenvalue weighted by Crippen LogP contribution is 2.15. The average molecular weight is 293 g/mol. The van der Waals surface area contributed by atoms with E-state index in [0.717, 1.165) is 0 Å². The van der Waals surface area contributed by atoms with Gasteiger partial charge in [0.05, 0.1) is 17.4 Å². The molecule has 1 fully saturated rings. The summed E-state index contributed by atoms with van der Waals surface area (Å²) < 4.78 is 26.0. The molecule has 106 valence electrons. The first-order chi connectivity index (χ1) is 9.53. The van der Waals surface area contributed by atoms with Gasteiger partial charge < -0.3 is 5.32 Å². The summed E-state index contributed by atoms with van der Waals surface area (Å²) in [6.45, 7) is 0.768. The van der Waals surface area contributed by atoms with Crippen LogP contribution in [-0.2, 0) is 20.6 Å². The van der Waals surface area contributed by atoms with E-state index in [9.17, 15) is 13.2 Å². The third-order valence-corrected chi connectivity index (χ3v) is 4.97. The van der Waals surface area contributed by atoms with Crippen LogP contribution < -0.4 is 5.32 Å². The fourth-order valence-electron chi connectivity index (χ4n) is 2.07. The van der Waals surface area contributed by atoms with E-state index >= 15 is 0 Å². The van der Waals surface area contributed by atoms with Crippen LogP contribution in [-0.4, -0.2) is 38.3 Å². The van der Waals surface area contributed by atoms with Crippen molar-refractivity contribution in [2.45, 2.75) is 12.2 Å². The van der Waals surface area contributed by atoms with Gasteiger partial charge in [-0.2, -0.15) is 9.57 Å². The summed E-state index contributed by atoms with van der Waals surface area (Å²) in [5.74, 6) is -0.356. The van der Waals surface area contributed by atoms with Crippen LogP contribution >= 0.6 is 0 Å². The predicted octanol–water partition coefficient (Wildman–Crippen LogP) is 0.210. The van der Waals surface area contributed by atoms with Crippen molar-refractivity contribution in [3.05, 3.63) is 35.4 Å². The normalized spacial score (nSPS) is 17.1. The first kappa shape index (κ1) is 14.5. The number of amides is 1. The molecule has 1 amide bonds. The molecule has 1 aromatic carbocycles. The number of rotatable bonds is 3. The molecule has 6 nitrogen and oxygen atoms in total. The second-order valence-corrected chi connectivity index (χ2v) is 6.49. The highest BCUT2D eigenvalue weighted by atomic mass is 32.2. The van der Waals surface area contributed by atoms with Crippen LogP contribution in [0, 0.1) is 11.3 Å². The number of sulfonamides is 1. The number of benzene rings is 1. The van der Waals surface area contributed by atoms with Crippen molar-refractivity contribution >= 4 is 15.9 Å². The molecule has 1 saturated heterocycles. The lowest BCUT2D eigenvalue weighted by Crippen LogP contribution is -2.35. The summed E-state index contributed by atoms with van der Waals surface area (Å²) in [5, 5.41) is 11.6. The Balaban J connectivity index is 2.19. The van der Waals surface area contributed by atoms with Gasteiger partial charge in [0.1, 0.15) is 0 Å². The van der Waals surface area contributed by atoms with Crippen LogP contribution in [0.2, 0.25) is 0 Å². The van der Waals surface area contributed by atoms with Gasteiger partial charge in [0.25, 0.3) is 0 Å². The molecule has 0 saturated carbocycles. The van der Waals surface area contributed by atoms with Crippen LogP contribution in [0.1, 0.15) is 17.5 Å². The summed E-state index contributed by atoms with van der Waals surface area (Å²) in [7, 11) is -3.53. The summed E-state index contributed by atoms with van der Waals surface area (Å²) in [6.07, 6.45) is 0.166. The maximum atomic E-state index is 12.4. The van der Waals surface area contributed by atoms with Crippen molar-refractivity contribution in [1.82, 2.24) is 9.62 Å². The summed E-state index contributed by atoms with van der Waals surface area (Å²) >= 11 is 0. The highest BCUT2D eigenvalue weighted by molar-refractivity contribution is 7.88. The number of carbonyl (C=O) groups excluding carboxylic acids is 1. The molecule has 1 N–H and O–H groups in total. The van der Waals surface area contributed by atoms with Gasteiger partial charge in [-0.15, -0.1) is 0 Å². The van der Waals surface area contributed by atoms with Crippen LogP contribution in [0.3, 0.4) is 0 Å². The molecular formula is C13H15N3O3S.